The van der Waals surface area contributed by atoms with Gasteiger partial charge in [-0.25, -0.2) is 0 Å². The Labute approximate surface area is 217 Å². The molecule has 0 aliphatic carbocycles. The van der Waals surface area contributed by atoms with E-state index < -0.39 is 31.9 Å². The number of carbonyl (C=O) groups excluding carboxylic acids is 3. The molecule has 2 aromatic rings. The molecule has 1 atom stereocenters. The summed E-state index contributed by atoms with van der Waals surface area (Å²) in [6, 6.07) is 9.44. The Morgan fingerprint density at radius 1 is 1.08 bits per heavy atom. The van der Waals surface area contributed by atoms with Crippen molar-refractivity contribution in [3.05, 3.63) is 42.1 Å². The Bertz CT molecular complexity index is 1200. The molecular weight excluding hydrogens is 495 g/mol. The minimum atomic E-state index is -1.26. The zero-order valence-corrected chi connectivity index (χ0v) is 21.9. The van der Waals surface area contributed by atoms with E-state index in [0.29, 0.717) is 37.9 Å². The molecule has 2 heterocycles. The molecule has 1 aromatic heterocycles. The molecular formula is C25H31N6O5P. The van der Waals surface area contributed by atoms with E-state index in [1.54, 1.807) is 4.90 Å². The molecule has 0 spiro atoms. The molecule has 11 nitrogen and oxygen atoms in total. The van der Waals surface area contributed by atoms with Gasteiger partial charge in [0.15, 0.2) is 0 Å². The first kappa shape index (κ1) is 27.9. The Hall–Kier alpha value is -3.68. The van der Waals surface area contributed by atoms with Crippen LogP contribution < -0.4 is 10.6 Å². The maximum absolute atomic E-state index is 13.1. The second-order valence-electron chi connectivity index (χ2n) is 8.27. The van der Waals surface area contributed by atoms with Crippen molar-refractivity contribution in [3.63, 3.8) is 0 Å². The van der Waals surface area contributed by atoms with Crippen LogP contribution in [0.25, 0.3) is 11.4 Å². The molecule has 37 heavy (non-hydrogen) atoms. The molecule has 0 radical (unpaired) electrons. The van der Waals surface area contributed by atoms with E-state index in [2.05, 4.69) is 26.2 Å². The molecule has 12 heteroatoms. The van der Waals surface area contributed by atoms with E-state index in [4.69, 9.17) is 4.74 Å². The van der Waals surface area contributed by atoms with Crippen molar-refractivity contribution < 1.29 is 23.7 Å². The number of rotatable bonds is 9. The number of piperazine rings is 1. The summed E-state index contributed by atoms with van der Waals surface area (Å²) in [4.78, 5) is 50.3. The van der Waals surface area contributed by atoms with Gasteiger partial charge in [0.25, 0.3) is 0 Å². The maximum atomic E-state index is 13.1. The Morgan fingerprint density at radius 2 is 1.78 bits per heavy atom. The van der Waals surface area contributed by atoms with Gasteiger partial charge in [0.05, 0.1) is 0 Å². The first-order chi connectivity index (χ1) is 18.0. The van der Waals surface area contributed by atoms with Crippen LogP contribution in [0.15, 0.2) is 36.4 Å². The third kappa shape index (κ3) is 7.90. The van der Waals surface area contributed by atoms with Crippen molar-refractivity contribution in [1.29, 1.82) is 0 Å². The normalized spacial score (nSPS) is 13.8. The molecule has 0 bridgehead atoms. The van der Waals surface area contributed by atoms with Gasteiger partial charge in [0, 0.05) is 0 Å². The van der Waals surface area contributed by atoms with Gasteiger partial charge in [0.2, 0.25) is 0 Å². The summed E-state index contributed by atoms with van der Waals surface area (Å²) < 4.78 is 16.6. The molecule has 3 rings (SSSR count). The number of benzene rings is 1. The van der Waals surface area contributed by atoms with Crippen LogP contribution >= 0.6 is 7.92 Å². The zero-order chi connectivity index (χ0) is 26.6. The van der Waals surface area contributed by atoms with Crippen LogP contribution in [0.1, 0.15) is 37.2 Å². The monoisotopic (exact) mass is 526 g/mol. The third-order valence-electron chi connectivity index (χ3n) is 5.63. The summed E-state index contributed by atoms with van der Waals surface area (Å²) in [6.07, 6.45) is 1.31. The number of hydrogen-bond acceptors (Lipinski definition) is 8. The van der Waals surface area contributed by atoms with Crippen molar-refractivity contribution >= 4 is 31.6 Å². The van der Waals surface area contributed by atoms with Crippen LogP contribution in [-0.2, 0) is 14.1 Å². The van der Waals surface area contributed by atoms with Crippen LogP contribution in [0, 0.1) is 5.63 Å². The number of aromatic nitrogens is 2. The second kappa shape index (κ2) is 14.2. The average molecular weight is 527 g/mol. The third-order valence-corrected chi connectivity index (χ3v) is 5.99. The van der Waals surface area contributed by atoms with Gasteiger partial charge in [-0.15, -0.1) is 0 Å². The number of nitrogens with one attached hydrogen (secondary N) is 2. The summed E-state index contributed by atoms with van der Waals surface area (Å²) in [6.45, 7) is 5.96. The predicted octanol–water partition coefficient (Wildman–Crippen LogP) is 3.01. The molecule has 1 aliphatic heterocycles. The van der Waals surface area contributed by atoms with E-state index in [9.17, 15) is 18.9 Å². The first-order valence-electron chi connectivity index (χ1n) is 12.2. The van der Waals surface area contributed by atoms with E-state index >= 15 is 0 Å². The topological polar surface area (TPSA) is 134 Å². The van der Waals surface area contributed by atoms with E-state index in [0.717, 1.165) is 18.4 Å². The fourth-order valence-electron chi connectivity index (χ4n) is 3.65. The molecule has 0 saturated carbocycles. The summed E-state index contributed by atoms with van der Waals surface area (Å²) >= 11 is 0. The number of carbonyl (C=O) groups is 3. The summed E-state index contributed by atoms with van der Waals surface area (Å²) in [5.41, 5.74) is 3.24. The first-order valence-corrected chi connectivity index (χ1v) is 13.1. The second-order valence-corrected chi connectivity index (χ2v) is 8.71. The van der Waals surface area contributed by atoms with Crippen molar-refractivity contribution in [3.8, 4) is 17.0 Å². The van der Waals surface area contributed by atoms with Gasteiger partial charge < -0.3 is 0 Å². The molecule has 1 aliphatic rings. The minimum absolute atomic E-state index is 0.0478. The van der Waals surface area contributed by atoms with Gasteiger partial charge in [-0.1, -0.05) is 6.92 Å². The fraction of sp³-hybridized carbons (Fsp3) is 0.440. The standard InChI is InChI=1S/C25H31N6O5P/c1-3-5-15-36-25(34)31-13-11-30(12-14-31)24(33)20(17-37-35)28-23(32)19-16-21(26-4-2)29-22(27-19)18-9-7-6-8-10-18/h6-10,16,20H,3-5,11-15H2,1-2H3,(H,28,32)(H,26,27,29)/t20-/m0/s1. The van der Waals surface area contributed by atoms with Crippen molar-refractivity contribution in [2.45, 2.75) is 32.7 Å². The summed E-state index contributed by atoms with van der Waals surface area (Å²) in [7, 11) is -0.525. The van der Waals surface area contributed by atoms with Gasteiger partial charge >= 0.3 is 210 Å². The fourth-order valence-corrected chi connectivity index (χ4v) is 3.93. The van der Waals surface area contributed by atoms with Crippen molar-refractivity contribution in [1.82, 2.24) is 25.1 Å². The van der Waals surface area contributed by atoms with Gasteiger partial charge in [0.1, 0.15) is 0 Å². The predicted molar refractivity (Wildman–Crippen MR) is 139 cm³/mol. The van der Waals surface area contributed by atoms with Crippen LogP contribution in [0.5, 0.6) is 0 Å². The molecule has 1 saturated heterocycles. The molecule has 0 unspecified atom stereocenters. The molecule has 1 fully saturated rings. The van der Waals surface area contributed by atoms with E-state index in [1.807, 2.05) is 44.2 Å². The van der Waals surface area contributed by atoms with Crippen LogP contribution in [0.2, 0.25) is 0 Å². The van der Waals surface area contributed by atoms with Crippen LogP contribution in [0.3, 0.4) is 0 Å². The summed E-state index contributed by atoms with van der Waals surface area (Å²) in [5, 5.41) is 5.66. The molecule has 196 valence electrons. The number of hydrogen-bond donors (Lipinski definition) is 2. The molecule has 1 aromatic carbocycles. The Balaban J connectivity index is 1.70. The number of anilines is 1. The van der Waals surface area contributed by atoms with Gasteiger partial charge in [-0.3, -0.25) is 0 Å². The molecule has 3 amide bonds. The van der Waals surface area contributed by atoms with Gasteiger partial charge in [-0.2, -0.15) is 0 Å². The van der Waals surface area contributed by atoms with E-state index in [-0.39, 0.29) is 18.8 Å². The number of amides is 3. The van der Waals surface area contributed by atoms with Crippen molar-refractivity contribution in [2.24, 2.45) is 0 Å². The SMILES string of the molecule is CCCCOC(=O)N1CCN(C(=O)[C@H](C#P=O)NC(=O)c2cc(NCC)nc(-c3ccccc3)n2)CC1. The summed E-state index contributed by atoms with van der Waals surface area (Å²) in [5.74, 6) is -0.295. The zero-order valence-electron chi connectivity index (χ0n) is 21.0. The van der Waals surface area contributed by atoms with Crippen LogP contribution in [-0.4, -0.2) is 83.0 Å². The molecule has 2 N–H and O–H groups in total. The number of unbranched alkanes of at least 4 members (excludes halogenated alkanes) is 1. The van der Waals surface area contributed by atoms with Crippen LogP contribution in [0.4, 0.5) is 10.6 Å². The van der Waals surface area contributed by atoms with E-state index in [1.165, 1.54) is 11.0 Å². The van der Waals surface area contributed by atoms with Crippen molar-refractivity contribution in [2.75, 3.05) is 44.6 Å². The van der Waals surface area contributed by atoms with Gasteiger partial charge in [-0.05, 0) is 0 Å². The number of ether oxygens (including phenoxy) is 1. The Kier molecular flexibility index (Phi) is 10.7. The number of nitrogens with zero attached hydrogens (tertiary/aromatic N) is 4. The Morgan fingerprint density at radius 3 is 2.43 bits per heavy atom. The average Bonchev–Trinajstić information content (AvgIpc) is 2.93. The quantitative estimate of drug-likeness (QED) is 0.376.